The Balaban J connectivity index is 2.19. The summed E-state index contributed by atoms with van der Waals surface area (Å²) in [7, 11) is 2.16. The van der Waals surface area contributed by atoms with Gasteiger partial charge in [0.2, 0.25) is 0 Å². The van der Waals surface area contributed by atoms with E-state index in [4.69, 9.17) is 0 Å². The Labute approximate surface area is 105 Å². The van der Waals surface area contributed by atoms with Gasteiger partial charge in [0.15, 0.2) is 0 Å². The van der Waals surface area contributed by atoms with Gasteiger partial charge < -0.3 is 9.88 Å². The Morgan fingerprint density at radius 2 is 2.19 bits per heavy atom. The van der Waals surface area contributed by atoms with Crippen molar-refractivity contribution >= 4 is 26.8 Å². The van der Waals surface area contributed by atoms with Crippen molar-refractivity contribution in [2.45, 2.75) is 13.3 Å². The van der Waals surface area contributed by atoms with Crippen LogP contribution in [0.25, 0.3) is 10.9 Å². The Kier molecular flexibility index (Phi) is 3.66. The van der Waals surface area contributed by atoms with Crippen molar-refractivity contribution in [1.29, 1.82) is 0 Å². The molecule has 0 aliphatic rings. The van der Waals surface area contributed by atoms with Gasteiger partial charge in [-0.15, -0.1) is 0 Å². The van der Waals surface area contributed by atoms with Crippen molar-refractivity contribution < 1.29 is 0 Å². The van der Waals surface area contributed by atoms with Crippen LogP contribution in [0.1, 0.15) is 12.5 Å². The Morgan fingerprint density at radius 1 is 1.38 bits per heavy atom. The fraction of sp³-hybridized carbons (Fsp3) is 0.385. The second-order valence-electron chi connectivity index (χ2n) is 4.15. The van der Waals surface area contributed by atoms with Crippen molar-refractivity contribution in [1.82, 2.24) is 9.88 Å². The summed E-state index contributed by atoms with van der Waals surface area (Å²) >= 11 is 3.49. The van der Waals surface area contributed by atoms with E-state index < -0.39 is 0 Å². The van der Waals surface area contributed by atoms with Crippen LogP contribution in [0.3, 0.4) is 0 Å². The number of H-pyrrole nitrogens is 1. The molecule has 16 heavy (non-hydrogen) atoms. The second kappa shape index (κ2) is 5.02. The van der Waals surface area contributed by atoms with Crippen molar-refractivity contribution in [3.63, 3.8) is 0 Å². The number of fused-ring (bicyclic) bond motifs is 1. The van der Waals surface area contributed by atoms with Crippen LogP contribution in [0.15, 0.2) is 28.9 Å². The van der Waals surface area contributed by atoms with E-state index in [1.54, 1.807) is 0 Å². The molecule has 0 bridgehead atoms. The standard InChI is InChI=1S/C13H17BrN2/c1-3-16(2)7-6-10-9-15-13-8-11(14)4-5-12(10)13/h4-5,8-9,15H,3,6-7H2,1-2H3. The fourth-order valence-electron chi connectivity index (χ4n) is 1.83. The first-order valence-electron chi connectivity index (χ1n) is 5.64. The highest BCUT2D eigenvalue weighted by Gasteiger charge is 2.04. The Morgan fingerprint density at radius 3 is 2.94 bits per heavy atom. The number of aromatic nitrogens is 1. The van der Waals surface area contributed by atoms with Crippen LogP contribution in [-0.4, -0.2) is 30.0 Å². The molecule has 0 amide bonds. The summed E-state index contributed by atoms with van der Waals surface area (Å²) in [5, 5.41) is 1.34. The number of nitrogens with zero attached hydrogens (tertiary/aromatic N) is 1. The van der Waals surface area contributed by atoms with E-state index in [9.17, 15) is 0 Å². The summed E-state index contributed by atoms with van der Waals surface area (Å²) < 4.78 is 1.12. The van der Waals surface area contributed by atoms with Gasteiger partial charge in [-0.05, 0) is 37.7 Å². The quantitative estimate of drug-likeness (QED) is 0.909. The van der Waals surface area contributed by atoms with Gasteiger partial charge in [-0.1, -0.05) is 28.9 Å². The maximum Gasteiger partial charge on any atom is 0.0468 e. The first kappa shape index (κ1) is 11.7. The van der Waals surface area contributed by atoms with Gasteiger partial charge in [0.1, 0.15) is 0 Å². The van der Waals surface area contributed by atoms with Gasteiger partial charge in [0.05, 0.1) is 0 Å². The lowest BCUT2D eigenvalue weighted by Gasteiger charge is -2.12. The van der Waals surface area contributed by atoms with Crippen molar-refractivity contribution in [3.05, 3.63) is 34.4 Å². The summed E-state index contributed by atoms with van der Waals surface area (Å²) in [6.07, 6.45) is 3.23. The molecule has 0 saturated carbocycles. The van der Waals surface area contributed by atoms with E-state index in [0.717, 1.165) is 24.0 Å². The molecule has 2 rings (SSSR count). The SMILES string of the molecule is CCN(C)CCc1c[nH]c2cc(Br)ccc12. The zero-order valence-corrected chi connectivity index (χ0v) is 11.3. The van der Waals surface area contributed by atoms with E-state index in [-0.39, 0.29) is 0 Å². The van der Waals surface area contributed by atoms with E-state index >= 15 is 0 Å². The minimum atomic E-state index is 1.10. The number of aromatic amines is 1. The third-order valence-corrected chi connectivity index (χ3v) is 3.53. The molecule has 1 heterocycles. The third-order valence-electron chi connectivity index (χ3n) is 3.03. The van der Waals surface area contributed by atoms with Gasteiger partial charge in [-0.2, -0.15) is 0 Å². The maximum absolute atomic E-state index is 3.49. The third kappa shape index (κ3) is 2.47. The highest BCUT2D eigenvalue weighted by atomic mass is 79.9. The number of halogens is 1. The van der Waals surface area contributed by atoms with Crippen LogP contribution in [0, 0.1) is 0 Å². The summed E-state index contributed by atoms with van der Waals surface area (Å²) in [4.78, 5) is 5.65. The molecule has 0 fully saturated rings. The van der Waals surface area contributed by atoms with Gasteiger partial charge in [-0.3, -0.25) is 0 Å². The maximum atomic E-state index is 3.49. The predicted octanol–water partition coefficient (Wildman–Crippen LogP) is 3.42. The summed E-state index contributed by atoms with van der Waals surface area (Å²) in [6, 6.07) is 6.41. The average Bonchev–Trinajstić information content (AvgIpc) is 2.68. The molecular formula is C13H17BrN2. The molecule has 0 radical (unpaired) electrons. The zero-order chi connectivity index (χ0) is 11.5. The van der Waals surface area contributed by atoms with Crippen molar-refractivity contribution in [2.75, 3.05) is 20.1 Å². The van der Waals surface area contributed by atoms with E-state index in [1.807, 2.05) is 0 Å². The van der Waals surface area contributed by atoms with Crippen LogP contribution in [0.5, 0.6) is 0 Å². The number of rotatable bonds is 4. The number of hydrogen-bond acceptors (Lipinski definition) is 1. The van der Waals surface area contributed by atoms with Crippen LogP contribution in [0.2, 0.25) is 0 Å². The lowest BCUT2D eigenvalue weighted by molar-refractivity contribution is 0.358. The molecule has 2 nitrogen and oxygen atoms in total. The predicted molar refractivity (Wildman–Crippen MR) is 72.9 cm³/mol. The average molecular weight is 281 g/mol. The Bertz CT molecular complexity index is 476. The summed E-state index contributed by atoms with van der Waals surface area (Å²) in [5.74, 6) is 0. The van der Waals surface area contributed by atoms with Gasteiger partial charge in [-0.25, -0.2) is 0 Å². The van der Waals surface area contributed by atoms with E-state index in [1.165, 1.54) is 16.5 Å². The van der Waals surface area contributed by atoms with Crippen LogP contribution < -0.4 is 0 Å². The molecule has 2 aromatic rings. The minimum absolute atomic E-state index is 1.10. The first-order chi connectivity index (χ1) is 7.70. The molecule has 0 unspecified atom stereocenters. The molecule has 1 N–H and O–H groups in total. The van der Waals surface area contributed by atoms with E-state index in [0.29, 0.717) is 0 Å². The topological polar surface area (TPSA) is 19.0 Å². The number of nitrogens with one attached hydrogen (secondary N) is 1. The molecule has 0 aliphatic heterocycles. The molecule has 86 valence electrons. The smallest absolute Gasteiger partial charge is 0.0468 e. The fourth-order valence-corrected chi connectivity index (χ4v) is 2.20. The molecular weight excluding hydrogens is 264 g/mol. The molecule has 0 aliphatic carbocycles. The molecule has 0 saturated heterocycles. The number of likely N-dealkylation sites (N-methyl/N-ethyl adjacent to an activating group) is 1. The van der Waals surface area contributed by atoms with Crippen molar-refractivity contribution in [2.24, 2.45) is 0 Å². The normalized spacial score (nSPS) is 11.5. The van der Waals surface area contributed by atoms with Crippen LogP contribution >= 0.6 is 15.9 Å². The largest absolute Gasteiger partial charge is 0.361 e. The summed E-state index contributed by atoms with van der Waals surface area (Å²) in [6.45, 7) is 4.40. The lowest BCUT2D eigenvalue weighted by atomic mass is 10.1. The van der Waals surface area contributed by atoms with Gasteiger partial charge in [0.25, 0.3) is 0 Å². The van der Waals surface area contributed by atoms with Crippen LogP contribution in [0.4, 0.5) is 0 Å². The summed E-state index contributed by atoms with van der Waals surface area (Å²) in [5.41, 5.74) is 2.62. The minimum Gasteiger partial charge on any atom is -0.361 e. The highest BCUT2D eigenvalue weighted by molar-refractivity contribution is 9.10. The first-order valence-corrected chi connectivity index (χ1v) is 6.44. The van der Waals surface area contributed by atoms with Gasteiger partial charge in [0, 0.05) is 28.1 Å². The molecule has 0 atom stereocenters. The van der Waals surface area contributed by atoms with Crippen LogP contribution in [-0.2, 0) is 6.42 Å². The lowest BCUT2D eigenvalue weighted by Crippen LogP contribution is -2.20. The van der Waals surface area contributed by atoms with Gasteiger partial charge >= 0.3 is 0 Å². The molecule has 1 aromatic heterocycles. The highest BCUT2D eigenvalue weighted by Crippen LogP contribution is 2.22. The molecule has 3 heteroatoms. The number of benzene rings is 1. The monoisotopic (exact) mass is 280 g/mol. The second-order valence-corrected chi connectivity index (χ2v) is 5.07. The zero-order valence-electron chi connectivity index (χ0n) is 9.76. The van der Waals surface area contributed by atoms with E-state index in [2.05, 4.69) is 64.2 Å². The molecule has 1 aromatic carbocycles. The molecule has 0 spiro atoms. The van der Waals surface area contributed by atoms with Crippen molar-refractivity contribution in [3.8, 4) is 0 Å². The Hall–Kier alpha value is -0.800. The number of hydrogen-bond donors (Lipinski definition) is 1.